The van der Waals surface area contributed by atoms with Crippen molar-refractivity contribution in [1.82, 2.24) is 10.2 Å². The molecule has 1 aromatic heterocycles. The highest BCUT2D eigenvalue weighted by Gasteiger charge is 2.63. The summed E-state index contributed by atoms with van der Waals surface area (Å²) in [5.41, 5.74) is -1.60. The average molecular weight is 520 g/mol. The fraction of sp³-hybridized carbons (Fsp3) is 0.480. The van der Waals surface area contributed by atoms with Crippen LogP contribution < -0.4 is 15.5 Å². The van der Waals surface area contributed by atoms with Crippen molar-refractivity contribution < 1.29 is 32.3 Å². The Labute approximate surface area is 211 Å². The predicted octanol–water partition coefficient (Wildman–Crippen LogP) is 4.19. The number of nitrogens with zero attached hydrogens (tertiary/aromatic N) is 2. The fourth-order valence-electron chi connectivity index (χ4n) is 5.91. The van der Waals surface area contributed by atoms with Gasteiger partial charge in [-0.2, -0.15) is 18.3 Å². The lowest BCUT2D eigenvalue weighted by atomic mass is 9.51. The fourth-order valence-corrected chi connectivity index (χ4v) is 5.91. The van der Waals surface area contributed by atoms with Crippen molar-refractivity contribution in [2.75, 3.05) is 15.5 Å². The van der Waals surface area contributed by atoms with Crippen LogP contribution in [0.4, 0.5) is 30.5 Å². The Bertz CT molecular complexity index is 1260. The number of nitrogens with one attached hydrogen (secondary N) is 3. The molecular weight excluding hydrogens is 491 g/mol. The van der Waals surface area contributed by atoms with Gasteiger partial charge in [-0.3, -0.25) is 24.3 Å². The largest absolute Gasteiger partial charge is 0.471 e. The second kappa shape index (κ2) is 8.70. The number of carbonyl (C=O) groups is 4. The van der Waals surface area contributed by atoms with Crippen LogP contribution in [0.1, 0.15) is 52.5 Å². The summed E-state index contributed by atoms with van der Waals surface area (Å²) in [6.45, 7) is 7.09. The summed E-state index contributed by atoms with van der Waals surface area (Å²) >= 11 is 0. The summed E-state index contributed by atoms with van der Waals surface area (Å²) in [7, 11) is 0. The zero-order valence-electron chi connectivity index (χ0n) is 20.9. The number of H-pyrrole nitrogens is 1. The number of anilines is 3. The van der Waals surface area contributed by atoms with E-state index in [0.29, 0.717) is 5.69 Å². The Hall–Kier alpha value is -3.70. The third kappa shape index (κ3) is 4.72. The van der Waals surface area contributed by atoms with E-state index in [1.807, 2.05) is 25.1 Å². The molecule has 1 aliphatic heterocycles. The monoisotopic (exact) mass is 519 g/mol. The lowest BCUT2D eigenvalue weighted by molar-refractivity contribution is -0.167. The van der Waals surface area contributed by atoms with Gasteiger partial charge in [0.2, 0.25) is 17.7 Å². The molecular formula is C25H28F3N5O4. The lowest BCUT2D eigenvalue weighted by Gasteiger charge is -2.55. The second-order valence-electron chi connectivity index (χ2n) is 10.8. The van der Waals surface area contributed by atoms with E-state index in [2.05, 4.69) is 15.5 Å². The van der Waals surface area contributed by atoms with Gasteiger partial charge in [-0.1, -0.05) is 39.8 Å². The predicted molar refractivity (Wildman–Crippen MR) is 128 cm³/mol. The topological polar surface area (TPSA) is 124 Å². The van der Waals surface area contributed by atoms with E-state index < -0.39 is 46.0 Å². The molecule has 1 saturated heterocycles. The van der Waals surface area contributed by atoms with Crippen LogP contribution in [0.25, 0.3) is 0 Å². The average Bonchev–Trinajstić information content (AvgIpc) is 3.25. The quantitative estimate of drug-likeness (QED) is 0.511. The number of benzene rings is 1. The highest BCUT2D eigenvalue weighted by molar-refractivity contribution is 6.20. The van der Waals surface area contributed by atoms with Gasteiger partial charge in [0.05, 0.1) is 0 Å². The normalized spacial score (nSPS) is 27.7. The van der Waals surface area contributed by atoms with Gasteiger partial charge in [0, 0.05) is 28.0 Å². The number of hydrogen-bond acceptors (Lipinski definition) is 5. The minimum absolute atomic E-state index is 0.152. The molecule has 2 heterocycles. The molecule has 1 saturated carbocycles. The first-order valence-corrected chi connectivity index (χ1v) is 11.8. The summed E-state index contributed by atoms with van der Waals surface area (Å²) in [6.07, 6.45) is -3.81. The molecule has 37 heavy (non-hydrogen) atoms. The van der Waals surface area contributed by atoms with Crippen LogP contribution in [-0.4, -0.2) is 40.0 Å². The van der Waals surface area contributed by atoms with E-state index in [-0.39, 0.29) is 31.0 Å². The number of amides is 4. The highest BCUT2D eigenvalue weighted by Crippen LogP contribution is 2.59. The van der Waals surface area contributed by atoms with Crippen LogP contribution in [0.15, 0.2) is 30.3 Å². The zero-order valence-corrected chi connectivity index (χ0v) is 20.9. The molecule has 0 radical (unpaired) electrons. The van der Waals surface area contributed by atoms with E-state index >= 15 is 0 Å². The molecule has 9 nitrogen and oxygen atoms in total. The van der Waals surface area contributed by atoms with Crippen LogP contribution >= 0.6 is 0 Å². The molecule has 4 rings (SSSR count). The van der Waals surface area contributed by atoms with Crippen LogP contribution in [0, 0.1) is 16.2 Å². The molecule has 2 aliphatic rings. The Morgan fingerprint density at radius 1 is 1.03 bits per heavy atom. The molecule has 198 valence electrons. The summed E-state index contributed by atoms with van der Waals surface area (Å²) in [5, 5.41) is 10.6. The maximum Gasteiger partial charge on any atom is 0.471 e. The second-order valence-corrected chi connectivity index (χ2v) is 10.8. The number of fused-ring (bicyclic) bond motifs is 2. The van der Waals surface area contributed by atoms with Crippen molar-refractivity contribution in [2.24, 2.45) is 16.2 Å². The molecule has 12 heteroatoms. The number of imide groups is 1. The number of piperidine rings is 1. The van der Waals surface area contributed by atoms with Gasteiger partial charge in [-0.05, 0) is 43.4 Å². The number of aromatic amines is 1. The van der Waals surface area contributed by atoms with E-state index in [4.69, 9.17) is 0 Å². The maximum absolute atomic E-state index is 13.6. The van der Waals surface area contributed by atoms with Gasteiger partial charge in [0.25, 0.3) is 0 Å². The molecule has 2 unspecified atom stereocenters. The van der Waals surface area contributed by atoms with Crippen molar-refractivity contribution >= 4 is 41.0 Å². The number of halogens is 3. The Balaban J connectivity index is 1.60. The van der Waals surface area contributed by atoms with Gasteiger partial charge in [-0.25, -0.2) is 4.90 Å². The smallest absolute Gasteiger partial charge is 0.326 e. The minimum atomic E-state index is -5.12. The SMILES string of the molecule is CCc1cccc(NC(=O)C2(C)CC3(C)CC(C)(C2)C(=O)N(c2cc(NC(=O)C(F)(F)F)[nH]n2)C3=O)c1. The van der Waals surface area contributed by atoms with E-state index in [1.165, 1.54) is 0 Å². The summed E-state index contributed by atoms with van der Waals surface area (Å²) in [6, 6.07) is 8.44. The van der Waals surface area contributed by atoms with Gasteiger partial charge in [-0.15, -0.1) is 0 Å². The summed E-state index contributed by atoms with van der Waals surface area (Å²) in [5.74, 6) is -4.38. The summed E-state index contributed by atoms with van der Waals surface area (Å²) in [4.78, 5) is 52.8. The van der Waals surface area contributed by atoms with Gasteiger partial charge in [0.1, 0.15) is 5.82 Å². The van der Waals surface area contributed by atoms with Gasteiger partial charge in [0.15, 0.2) is 5.82 Å². The molecule has 2 bridgehead atoms. The van der Waals surface area contributed by atoms with Crippen molar-refractivity contribution in [3.05, 3.63) is 35.9 Å². The molecule has 1 aromatic carbocycles. The van der Waals surface area contributed by atoms with Crippen molar-refractivity contribution in [2.45, 2.75) is 59.6 Å². The van der Waals surface area contributed by atoms with Crippen LogP contribution in [0.2, 0.25) is 0 Å². The first-order chi connectivity index (χ1) is 17.1. The third-order valence-electron chi connectivity index (χ3n) is 7.22. The van der Waals surface area contributed by atoms with Crippen LogP contribution in [-0.2, 0) is 25.6 Å². The van der Waals surface area contributed by atoms with Gasteiger partial charge < -0.3 is 10.6 Å². The number of aryl methyl sites for hydroxylation is 1. The number of alkyl halides is 3. The van der Waals surface area contributed by atoms with Crippen LogP contribution in [0.3, 0.4) is 0 Å². The molecule has 2 aromatic rings. The molecule has 2 fully saturated rings. The van der Waals surface area contributed by atoms with Gasteiger partial charge >= 0.3 is 12.1 Å². The maximum atomic E-state index is 13.6. The number of aromatic nitrogens is 2. The molecule has 1 aliphatic carbocycles. The zero-order chi connectivity index (χ0) is 27.4. The number of carbonyl (C=O) groups excluding carboxylic acids is 4. The highest BCUT2D eigenvalue weighted by atomic mass is 19.4. The van der Waals surface area contributed by atoms with E-state index in [9.17, 15) is 32.3 Å². The third-order valence-corrected chi connectivity index (χ3v) is 7.22. The van der Waals surface area contributed by atoms with E-state index in [0.717, 1.165) is 23.0 Å². The molecule has 2 atom stereocenters. The number of hydrogen-bond donors (Lipinski definition) is 3. The van der Waals surface area contributed by atoms with E-state index in [1.54, 1.807) is 32.2 Å². The minimum Gasteiger partial charge on any atom is -0.326 e. The van der Waals surface area contributed by atoms with Crippen molar-refractivity contribution in [1.29, 1.82) is 0 Å². The standard InChI is InChI=1S/C25H28F3N5O4/c1-5-14-7-6-8-15(9-14)29-18(34)22(2)11-23(3)13-24(4,12-22)21(37)33(20(23)36)17-10-16(31-32-17)30-19(35)25(26,27)28/h6-10H,5,11-13H2,1-4H3,(H,29,34)(H2,30,31,32,35). The van der Waals surface area contributed by atoms with Crippen molar-refractivity contribution in [3.8, 4) is 0 Å². The molecule has 4 amide bonds. The van der Waals surface area contributed by atoms with Crippen molar-refractivity contribution in [3.63, 3.8) is 0 Å². The Morgan fingerprint density at radius 3 is 2.22 bits per heavy atom. The summed E-state index contributed by atoms with van der Waals surface area (Å²) < 4.78 is 37.8. The lowest BCUT2D eigenvalue weighted by Crippen LogP contribution is -2.65. The molecule has 3 N–H and O–H groups in total. The molecule has 0 spiro atoms. The Kier molecular flexibility index (Phi) is 6.20. The first kappa shape index (κ1) is 26.4. The van der Waals surface area contributed by atoms with Crippen LogP contribution in [0.5, 0.6) is 0 Å². The Morgan fingerprint density at radius 2 is 1.65 bits per heavy atom. The number of rotatable bonds is 5. The first-order valence-electron chi connectivity index (χ1n) is 11.8.